The van der Waals surface area contributed by atoms with Gasteiger partial charge in [-0.2, -0.15) is 0 Å². The Kier molecular flexibility index (Phi) is 5.36. The van der Waals surface area contributed by atoms with Crippen molar-refractivity contribution >= 4 is 17.8 Å². The Balaban J connectivity index is 1.85. The van der Waals surface area contributed by atoms with Crippen LogP contribution in [0.1, 0.15) is 38.3 Å². The van der Waals surface area contributed by atoms with Crippen LogP contribution in [-0.2, 0) is 9.59 Å². The molecule has 1 aromatic carbocycles. The molecule has 0 unspecified atom stereocenters. The molecule has 2 aliphatic heterocycles. The molecule has 0 saturated carbocycles. The number of hydrogen-bond donors (Lipinski definition) is 0. The maximum absolute atomic E-state index is 12.6. The Hall–Kier alpha value is -2.61. The Morgan fingerprint density at radius 1 is 1.11 bits per heavy atom. The van der Waals surface area contributed by atoms with Gasteiger partial charge in [-0.3, -0.25) is 19.4 Å². The van der Waals surface area contributed by atoms with E-state index < -0.39 is 17.8 Å². The number of likely N-dealkylation sites (tertiary alicyclic amines) is 1. The van der Waals surface area contributed by atoms with E-state index >= 15 is 0 Å². The summed E-state index contributed by atoms with van der Waals surface area (Å²) in [6, 6.07) is 4.66. The van der Waals surface area contributed by atoms with Crippen LogP contribution in [0.15, 0.2) is 18.2 Å². The summed E-state index contributed by atoms with van der Waals surface area (Å²) in [6.45, 7) is 4.23. The molecule has 2 saturated heterocycles. The molecule has 3 rings (SSSR count). The lowest BCUT2D eigenvalue weighted by Gasteiger charge is -2.29. The summed E-state index contributed by atoms with van der Waals surface area (Å²) in [7, 11) is 3.21. The second kappa shape index (κ2) is 7.56. The smallest absolute Gasteiger partial charge is 0.335 e. The van der Waals surface area contributed by atoms with Gasteiger partial charge in [0.25, 0.3) is 0 Å². The van der Waals surface area contributed by atoms with Gasteiger partial charge < -0.3 is 9.47 Å². The normalized spacial score (nSPS) is 20.9. The maximum atomic E-state index is 12.6. The number of carbonyl (C=O) groups excluding carboxylic acids is 3. The third-order valence-corrected chi connectivity index (χ3v) is 5.08. The van der Waals surface area contributed by atoms with E-state index in [4.69, 9.17) is 9.47 Å². The van der Waals surface area contributed by atoms with Gasteiger partial charge in [0, 0.05) is 24.2 Å². The van der Waals surface area contributed by atoms with Gasteiger partial charge in [0.1, 0.15) is 11.5 Å². The second-order valence-corrected chi connectivity index (χ2v) is 7.00. The lowest BCUT2D eigenvalue weighted by Crippen LogP contribution is -2.43. The van der Waals surface area contributed by atoms with Crippen LogP contribution in [0.3, 0.4) is 0 Å². The predicted octanol–water partition coefficient (Wildman–Crippen LogP) is 2.00. The van der Waals surface area contributed by atoms with Crippen LogP contribution in [0.2, 0.25) is 0 Å². The number of nitrogens with zero attached hydrogens (tertiary/aromatic N) is 3. The number of amides is 4. The summed E-state index contributed by atoms with van der Waals surface area (Å²) in [6.07, 6.45) is 1.78. The van der Waals surface area contributed by atoms with Gasteiger partial charge in [-0.25, -0.2) is 9.69 Å². The number of benzene rings is 1. The first kappa shape index (κ1) is 19.2. The summed E-state index contributed by atoms with van der Waals surface area (Å²) in [5, 5.41) is 0. The largest absolute Gasteiger partial charge is 0.497 e. The summed E-state index contributed by atoms with van der Waals surface area (Å²) < 4.78 is 10.8. The molecule has 2 aliphatic rings. The minimum atomic E-state index is -0.767. The molecule has 146 valence electrons. The summed E-state index contributed by atoms with van der Waals surface area (Å²) in [5.41, 5.74) is 0.945. The summed E-state index contributed by atoms with van der Waals surface area (Å²) in [5.74, 6) is -0.0829. The molecule has 4 amide bonds. The van der Waals surface area contributed by atoms with Crippen molar-refractivity contribution in [2.24, 2.45) is 0 Å². The highest BCUT2D eigenvalue weighted by Gasteiger charge is 2.47. The molecule has 27 heavy (non-hydrogen) atoms. The number of urea groups is 1. The SMILES string of the molecule is COc1ccc(OC)c([C@H]2CCCN2CN2C(=O)C(=O)N(C(C)C)C2=O)c1. The summed E-state index contributed by atoms with van der Waals surface area (Å²) in [4.78, 5) is 41.1. The average molecular weight is 375 g/mol. The van der Waals surface area contributed by atoms with E-state index in [1.54, 1.807) is 28.1 Å². The first-order valence-electron chi connectivity index (χ1n) is 9.04. The number of hydrogen-bond acceptors (Lipinski definition) is 6. The van der Waals surface area contributed by atoms with Crippen molar-refractivity contribution in [1.82, 2.24) is 14.7 Å². The molecule has 0 N–H and O–H groups in total. The molecule has 8 heteroatoms. The standard InChI is InChI=1S/C19H25N3O5/c1-12(2)22-18(24)17(23)21(19(22)25)11-20-9-5-6-15(20)14-10-13(26-3)7-8-16(14)27-4/h7-8,10,12,15H,5-6,9,11H2,1-4H3/t15-/m1/s1. The lowest BCUT2D eigenvalue weighted by atomic mass is 10.0. The van der Waals surface area contributed by atoms with Crippen LogP contribution in [0.5, 0.6) is 11.5 Å². The van der Waals surface area contributed by atoms with Gasteiger partial charge in [-0.15, -0.1) is 0 Å². The lowest BCUT2D eigenvalue weighted by molar-refractivity contribution is -0.144. The average Bonchev–Trinajstić information content (AvgIpc) is 3.19. The van der Waals surface area contributed by atoms with Crippen molar-refractivity contribution in [3.8, 4) is 11.5 Å². The quantitative estimate of drug-likeness (QED) is 0.559. The van der Waals surface area contributed by atoms with Crippen molar-refractivity contribution in [2.75, 3.05) is 27.4 Å². The highest BCUT2D eigenvalue weighted by Crippen LogP contribution is 2.39. The highest BCUT2D eigenvalue weighted by atomic mass is 16.5. The van der Waals surface area contributed by atoms with Crippen molar-refractivity contribution < 1.29 is 23.9 Å². The van der Waals surface area contributed by atoms with Gasteiger partial charge in [-0.05, 0) is 44.9 Å². The molecule has 0 bridgehead atoms. The minimum absolute atomic E-state index is 0.0288. The molecule has 0 spiro atoms. The van der Waals surface area contributed by atoms with Gasteiger partial charge in [0.2, 0.25) is 0 Å². The van der Waals surface area contributed by atoms with Crippen molar-refractivity contribution in [1.29, 1.82) is 0 Å². The van der Waals surface area contributed by atoms with E-state index in [0.29, 0.717) is 5.75 Å². The number of ether oxygens (including phenoxy) is 2. The third kappa shape index (κ3) is 3.37. The van der Waals surface area contributed by atoms with Crippen molar-refractivity contribution in [3.05, 3.63) is 23.8 Å². The molecule has 1 aromatic rings. The van der Waals surface area contributed by atoms with Crippen molar-refractivity contribution in [3.63, 3.8) is 0 Å². The van der Waals surface area contributed by atoms with E-state index in [0.717, 1.165) is 40.5 Å². The molecule has 0 aliphatic carbocycles. The van der Waals surface area contributed by atoms with Crippen molar-refractivity contribution in [2.45, 2.75) is 38.8 Å². The molecular formula is C19H25N3O5. The number of methoxy groups -OCH3 is 2. The van der Waals surface area contributed by atoms with Crippen LogP contribution < -0.4 is 9.47 Å². The molecule has 2 heterocycles. The van der Waals surface area contributed by atoms with Gasteiger partial charge >= 0.3 is 17.8 Å². The van der Waals surface area contributed by atoms with Crippen LogP contribution >= 0.6 is 0 Å². The third-order valence-electron chi connectivity index (χ3n) is 5.08. The predicted molar refractivity (Wildman–Crippen MR) is 97.3 cm³/mol. The van der Waals surface area contributed by atoms with E-state index in [2.05, 4.69) is 0 Å². The van der Waals surface area contributed by atoms with Gasteiger partial charge in [0.15, 0.2) is 0 Å². The molecule has 8 nitrogen and oxygen atoms in total. The van der Waals surface area contributed by atoms with Crippen LogP contribution in [-0.4, -0.2) is 66.0 Å². The molecular weight excluding hydrogens is 350 g/mol. The number of rotatable bonds is 6. The molecule has 1 atom stereocenters. The van der Waals surface area contributed by atoms with Crippen LogP contribution in [0.25, 0.3) is 0 Å². The molecule has 0 aromatic heterocycles. The number of carbonyl (C=O) groups is 3. The van der Waals surface area contributed by atoms with Crippen LogP contribution in [0.4, 0.5) is 4.79 Å². The highest BCUT2D eigenvalue weighted by molar-refractivity contribution is 6.44. The van der Waals surface area contributed by atoms with E-state index in [1.165, 1.54) is 0 Å². The zero-order chi connectivity index (χ0) is 19.7. The monoisotopic (exact) mass is 375 g/mol. The topological polar surface area (TPSA) is 79.4 Å². The maximum Gasteiger partial charge on any atom is 0.335 e. The Labute approximate surface area is 158 Å². The van der Waals surface area contributed by atoms with E-state index in [1.807, 2.05) is 23.1 Å². The van der Waals surface area contributed by atoms with E-state index in [9.17, 15) is 14.4 Å². The number of imide groups is 2. The molecule has 0 radical (unpaired) electrons. The minimum Gasteiger partial charge on any atom is -0.497 e. The fourth-order valence-electron chi connectivity index (χ4n) is 3.73. The Morgan fingerprint density at radius 2 is 1.85 bits per heavy atom. The zero-order valence-electron chi connectivity index (χ0n) is 16.1. The fraction of sp³-hybridized carbons (Fsp3) is 0.526. The first-order valence-corrected chi connectivity index (χ1v) is 9.04. The summed E-state index contributed by atoms with van der Waals surface area (Å²) >= 11 is 0. The molecule has 2 fully saturated rings. The van der Waals surface area contributed by atoms with E-state index in [-0.39, 0.29) is 18.8 Å². The Morgan fingerprint density at radius 3 is 2.44 bits per heavy atom. The Bertz CT molecular complexity index is 764. The van der Waals surface area contributed by atoms with Gasteiger partial charge in [-0.1, -0.05) is 0 Å². The zero-order valence-corrected chi connectivity index (χ0v) is 16.1. The van der Waals surface area contributed by atoms with Gasteiger partial charge in [0.05, 0.1) is 20.9 Å². The second-order valence-electron chi connectivity index (χ2n) is 7.00. The first-order chi connectivity index (χ1) is 12.9. The van der Waals surface area contributed by atoms with Crippen LogP contribution in [0, 0.1) is 0 Å². The fourth-order valence-corrected chi connectivity index (χ4v) is 3.73.